The van der Waals surface area contributed by atoms with Gasteiger partial charge < -0.3 is 9.30 Å². The standard InChI is InChI=1S/C24H26Cl2N4O4S/c1-15-6-9-23(34-4)22(10-15)29(35(5,32)33)14-24(31)28-27-13-18-11-16(2)30(17(18)3)21-12-19(25)7-8-20(21)26/h6-13H,14H2,1-5H3,(H,28,31)/b27-13-. The van der Waals surface area contributed by atoms with E-state index in [2.05, 4.69) is 10.5 Å². The van der Waals surface area contributed by atoms with Crippen LogP contribution in [-0.4, -0.2) is 45.0 Å². The Kier molecular flexibility index (Phi) is 8.15. The molecule has 0 aliphatic heterocycles. The van der Waals surface area contributed by atoms with E-state index in [0.29, 0.717) is 15.8 Å². The van der Waals surface area contributed by atoms with Crippen LogP contribution < -0.4 is 14.5 Å². The normalized spacial score (nSPS) is 11.6. The predicted molar refractivity (Wildman–Crippen MR) is 141 cm³/mol. The molecule has 0 spiro atoms. The number of benzene rings is 2. The largest absolute Gasteiger partial charge is 0.495 e. The molecule has 1 aromatic heterocycles. The summed E-state index contributed by atoms with van der Waals surface area (Å²) >= 11 is 12.5. The fourth-order valence-corrected chi connectivity index (χ4v) is 4.88. The molecule has 0 radical (unpaired) electrons. The Morgan fingerprint density at radius 1 is 1.14 bits per heavy atom. The van der Waals surface area contributed by atoms with Crippen LogP contribution in [0.1, 0.15) is 22.5 Å². The van der Waals surface area contributed by atoms with Crippen LogP contribution in [0.25, 0.3) is 5.69 Å². The molecule has 1 heterocycles. The van der Waals surface area contributed by atoms with Gasteiger partial charge in [-0.1, -0.05) is 29.3 Å². The number of carbonyl (C=O) groups excluding carboxylic acids is 1. The first kappa shape index (κ1) is 26.6. The maximum atomic E-state index is 12.6. The van der Waals surface area contributed by atoms with E-state index < -0.39 is 22.5 Å². The van der Waals surface area contributed by atoms with Crippen LogP contribution in [0.15, 0.2) is 47.6 Å². The van der Waals surface area contributed by atoms with Crippen LogP contribution in [0.5, 0.6) is 5.75 Å². The molecule has 2 aromatic carbocycles. The third-order valence-corrected chi connectivity index (χ3v) is 6.98. The first-order valence-corrected chi connectivity index (χ1v) is 13.1. The first-order chi connectivity index (χ1) is 16.4. The minimum atomic E-state index is -3.77. The third-order valence-electron chi connectivity index (χ3n) is 5.30. The molecule has 1 amide bonds. The van der Waals surface area contributed by atoms with Crippen LogP contribution in [0, 0.1) is 20.8 Å². The number of nitrogens with one attached hydrogen (secondary N) is 1. The Labute approximate surface area is 215 Å². The molecule has 0 saturated carbocycles. The summed E-state index contributed by atoms with van der Waals surface area (Å²) in [6, 6.07) is 12.2. The van der Waals surface area contributed by atoms with Crippen LogP contribution in [-0.2, 0) is 14.8 Å². The Hall–Kier alpha value is -3.01. The molecule has 0 aliphatic carbocycles. The van der Waals surface area contributed by atoms with Crippen molar-refractivity contribution in [2.45, 2.75) is 20.8 Å². The number of nitrogens with zero attached hydrogens (tertiary/aromatic N) is 3. The van der Waals surface area contributed by atoms with Crippen molar-refractivity contribution in [2.75, 3.05) is 24.2 Å². The average molecular weight is 537 g/mol. The summed E-state index contributed by atoms with van der Waals surface area (Å²) in [6.45, 7) is 5.16. The van der Waals surface area contributed by atoms with E-state index in [0.717, 1.165) is 38.8 Å². The second kappa shape index (κ2) is 10.7. The number of sulfonamides is 1. The zero-order chi connectivity index (χ0) is 25.9. The Bertz CT molecular complexity index is 1400. The van der Waals surface area contributed by atoms with Crippen molar-refractivity contribution in [1.82, 2.24) is 9.99 Å². The molecule has 3 aromatic rings. The van der Waals surface area contributed by atoms with Gasteiger partial charge in [-0.25, -0.2) is 13.8 Å². The summed E-state index contributed by atoms with van der Waals surface area (Å²) in [5, 5.41) is 5.13. The van der Waals surface area contributed by atoms with Crippen molar-refractivity contribution in [1.29, 1.82) is 0 Å². The fourth-order valence-electron chi connectivity index (χ4n) is 3.66. The van der Waals surface area contributed by atoms with Gasteiger partial charge in [0.15, 0.2) is 0 Å². The molecule has 0 unspecified atom stereocenters. The average Bonchev–Trinajstić information content (AvgIpc) is 3.06. The second-order valence-electron chi connectivity index (χ2n) is 8.00. The molecule has 3 rings (SSSR count). The molecular formula is C24H26Cl2N4O4S. The molecule has 0 bridgehead atoms. The number of aromatic nitrogens is 1. The lowest BCUT2D eigenvalue weighted by molar-refractivity contribution is -0.119. The number of carbonyl (C=O) groups is 1. The third kappa shape index (κ3) is 6.17. The van der Waals surface area contributed by atoms with Gasteiger partial charge in [-0.3, -0.25) is 9.10 Å². The molecule has 8 nitrogen and oxygen atoms in total. The van der Waals surface area contributed by atoms with E-state index in [4.69, 9.17) is 27.9 Å². The molecule has 0 saturated heterocycles. The lowest BCUT2D eigenvalue weighted by Gasteiger charge is -2.23. The van der Waals surface area contributed by atoms with Crippen molar-refractivity contribution in [2.24, 2.45) is 5.10 Å². The van der Waals surface area contributed by atoms with Crippen molar-refractivity contribution in [3.63, 3.8) is 0 Å². The van der Waals surface area contributed by atoms with Gasteiger partial charge in [0, 0.05) is 22.0 Å². The minimum Gasteiger partial charge on any atom is -0.495 e. The zero-order valence-corrected chi connectivity index (χ0v) is 22.3. The fraction of sp³-hybridized carbons (Fsp3) is 0.250. The minimum absolute atomic E-state index is 0.274. The Balaban J connectivity index is 1.81. The van der Waals surface area contributed by atoms with Crippen molar-refractivity contribution < 1.29 is 17.9 Å². The highest BCUT2D eigenvalue weighted by atomic mass is 35.5. The van der Waals surface area contributed by atoms with Crippen LogP contribution in [0.2, 0.25) is 10.0 Å². The van der Waals surface area contributed by atoms with E-state index >= 15 is 0 Å². The first-order valence-electron chi connectivity index (χ1n) is 10.5. The quantitative estimate of drug-likeness (QED) is 0.335. The summed E-state index contributed by atoms with van der Waals surface area (Å²) in [6.07, 6.45) is 2.52. The number of methoxy groups -OCH3 is 1. The molecule has 186 valence electrons. The smallest absolute Gasteiger partial charge is 0.260 e. The number of hydrazone groups is 1. The van der Waals surface area contributed by atoms with Gasteiger partial charge in [0.25, 0.3) is 5.91 Å². The van der Waals surface area contributed by atoms with Gasteiger partial charge in [-0.15, -0.1) is 0 Å². The van der Waals surface area contributed by atoms with E-state index in [1.165, 1.54) is 13.3 Å². The summed E-state index contributed by atoms with van der Waals surface area (Å²) in [5.74, 6) is -0.272. The van der Waals surface area contributed by atoms with Crippen LogP contribution in [0.4, 0.5) is 5.69 Å². The zero-order valence-electron chi connectivity index (χ0n) is 20.0. The second-order valence-corrected chi connectivity index (χ2v) is 10.7. The maximum absolute atomic E-state index is 12.6. The monoisotopic (exact) mass is 536 g/mol. The summed E-state index contributed by atoms with van der Waals surface area (Å²) in [5.41, 5.74) is 6.71. The molecule has 11 heteroatoms. The van der Waals surface area contributed by atoms with Gasteiger partial charge in [0.2, 0.25) is 10.0 Å². The predicted octanol–water partition coefficient (Wildman–Crippen LogP) is 4.63. The van der Waals surface area contributed by atoms with Gasteiger partial charge in [0.1, 0.15) is 12.3 Å². The van der Waals surface area contributed by atoms with Gasteiger partial charge in [-0.05, 0) is 62.7 Å². The summed E-state index contributed by atoms with van der Waals surface area (Å²) in [7, 11) is -2.34. The van der Waals surface area contributed by atoms with Gasteiger partial charge >= 0.3 is 0 Å². The van der Waals surface area contributed by atoms with Crippen molar-refractivity contribution >= 4 is 51.0 Å². The topological polar surface area (TPSA) is 93.0 Å². The molecule has 0 atom stereocenters. The number of hydrogen-bond acceptors (Lipinski definition) is 5. The van der Waals surface area contributed by atoms with Crippen molar-refractivity contribution in [3.05, 3.63) is 75.0 Å². The summed E-state index contributed by atoms with van der Waals surface area (Å²) < 4.78 is 33.1. The van der Waals surface area contributed by atoms with Crippen LogP contribution >= 0.6 is 23.2 Å². The molecule has 0 aliphatic rings. The number of rotatable bonds is 8. The van der Waals surface area contributed by atoms with E-state index in [1.807, 2.05) is 31.4 Å². The number of anilines is 1. The van der Waals surface area contributed by atoms with Crippen molar-refractivity contribution in [3.8, 4) is 11.4 Å². The number of aryl methyl sites for hydroxylation is 2. The van der Waals surface area contributed by atoms with E-state index in [9.17, 15) is 13.2 Å². The molecule has 1 N–H and O–H groups in total. The number of hydrogen-bond donors (Lipinski definition) is 1. The number of amides is 1. The lowest BCUT2D eigenvalue weighted by atomic mass is 10.2. The maximum Gasteiger partial charge on any atom is 0.260 e. The summed E-state index contributed by atoms with van der Waals surface area (Å²) in [4.78, 5) is 12.6. The van der Waals surface area contributed by atoms with Gasteiger partial charge in [0.05, 0.1) is 36.0 Å². The van der Waals surface area contributed by atoms with Crippen LogP contribution in [0.3, 0.4) is 0 Å². The molecule has 35 heavy (non-hydrogen) atoms. The van der Waals surface area contributed by atoms with Gasteiger partial charge in [-0.2, -0.15) is 5.10 Å². The SMILES string of the molecule is COc1ccc(C)cc1N(CC(=O)N/N=C\c1cc(C)n(-c2cc(Cl)ccc2Cl)c1C)S(C)(=O)=O. The molecular weight excluding hydrogens is 511 g/mol. The Morgan fingerprint density at radius 2 is 1.86 bits per heavy atom. The number of ether oxygens (including phenoxy) is 1. The highest BCUT2D eigenvalue weighted by Crippen LogP contribution is 2.31. The molecule has 0 fully saturated rings. The lowest BCUT2D eigenvalue weighted by Crippen LogP contribution is -2.39. The van der Waals surface area contributed by atoms with E-state index in [1.54, 1.807) is 36.4 Å². The highest BCUT2D eigenvalue weighted by Gasteiger charge is 2.24. The highest BCUT2D eigenvalue weighted by molar-refractivity contribution is 7.92. The number of halogens is 2. The Morgan fingerprint density at radius 3 is 2.51 bits per heavy atom. The van der Waals surface area contributed by atoms with E-state index in [-0.39, 0.29) is 5.69 Å².